The van der Waals surface area contributed by atoms with Crippen LogP contribution in [0.1, 0.15) is 26.2 Å². The van der Waals surface area contributed by atoms with Crippen molar-refractivity contribution in [3.8, 4) is 0 Å². The van der Waals surface area contributed by atoms with Gasteiger partial charge in [-0.15, -0.1) is 0 Å². The van der Waals surface area contributed by atoms with Gasteiger partial charge < -0.3 is 5.11 Å². The van der Waals surface area contributed by atoms with Crippen LogP contribution in [-0.2, 0) is 16.6 Å². The highest BCUT2D eigenvalue weighted by molar-refractivity contribution is 7.89. The maximum absolute atomic E-state index is 12.0. The Hall–Kier alpha value is -0.920. The number of aliphatic hydroxyl groups excluding tert-OH is 1. The predicted octanol–water partition coefficient (Wildman–Crippen LogP) is 0.342. The Morgan fingerprint density at radius 2 is 2.39 bits per heavy atom. The minimum absolute atomic E-state index is 0.0597. The second kappa shape index (κ2) is 5.38. The number of aromatic nitrogens is 2. The first kappa shape index (κ1) is 13.5. The maximum Gasteiger partial charge on any atom is 0.243 e. The van der Waals surface area contributed by atoms with E-state index >= 15 is 0 Å². The first-order valence-corrected chi connectivity index (χ1v) is 7.70. The molecule has 0 aliphatic heterocycles. The molecule has 2 unspecified atom stereocenters. The lowest BCUT2D eigenvalue weighted by Crippen LogP contribution is -2.26. The van der Waals surface area contributed by atoms with Gasteiger partial charge in [0.15, 0.2) is 0 Å². The van der Waals surface area contributed by atoms with Crippen LogP contribution in [0.5, 0.6) is 0 Å². The molecule has 2 N–H and O–H groups in total. The van der Waals surface area contributed by atoms with Crippen LogP contribution >= 0.6 is 0 Å². The third-order valence-corrected chi connectivity index (χ3v) is 4.58. The molecule has 0 aromatic carbocycles. The molecular formula is C11H19N3O3S. The van der Waals surface area contributed by atoms with Crippen LogP contribution in [0.2, 0.25) is 0 Å². The van der Waals surface area contributed by atoms with Crippen molar-refractivity contribution < 1.29 is 13.5 Å². The summed E-state index contributed by atoms with van der Waals surface area (Å²) in [5.74, 6) is 0.484. The van der Waals surface area contributed by atoms with E-state index in [9.17, 15) is 8.42 Å². The topological polar surface area (TPSA) is 84.2 Å². The van der Waals surface area contributed by atoms with Gasteiger partial charge in [0.25, 0.3) is 0 Å². The largest absolute Gasteiger partial charge is 0.394 e. The van der Waals surface area contributed by atoms with E-state index in [4.69, 9.17) is 5.11 Å². The van der Waals surface area contributed by atoms with Gasteiger partial charge in [0.2, 0.25) is 10.0 Å². The van der Waals surface area contributed by atoms with Crippen molar-refractivity contribution in [3.63, 3.8) is 0 Å². The Morgan fingerprint density at radius 1 is 1.61 bits per heavy atom. The van der Waals surface area contributed by atoms with Crippen LogP contribution in [0.25, 0.3) is 0 Å². The minimum atomic E-state index is -3.46. The predicted molar refractivity (Wildman–Crippen MR) is 66.4 cm³/mol. The highest BCUT2D eigenvalue weighted by Crippen LogP contribution is 2.35. The normalized spacial score (nSPS) is 23.2. The van der Waals surface area contributed by atoms with E-state index < -0.39 is 10.0 Å². The highest BCUT2D eigenvalue weighted by atomic mass is 32.2. The molecule has 0 amide bonds. The number of sulfonamides is 1. The second-order valence-corrected chi connectivity index (χ2v) is 6.39. The van der Waals surface area contributed by atoms with Gasteiger partial charge in [-0.2, -0.15) is 5.10 Å². The summed E-state index contributed by atoms with van der Waals surface area (Å²) in [7, 11) is -3.46. The fourth-order valence-corrected chi connectivity index (χ4v) is 3.33. The molecule has 1 aliphatic carbocycles. The SMILES string of the molecule is CCCC1CC1NS(=O)(=O)c1cnn(CCO)c1. The second-order valence-electron chi connectivity index (χ2n) is 4.67. The number of nitrogens with one attached hydrogen (secondary N) is 1. The third-order valence-electron chi connectivity index (χ3n) is 3.14. The molecule has 0 saturated heterocycles. The fraction of sp³-hybridized carbons (Fsp3) is 0.727. The van der Waals surface area contributed by atoms with Crippen molar-refractivity contribution in [1.82, 2.24) is 14.5 Å². The fourth-order valence-electron chi connectivity index (χ4n) is 2.06. The van der Waals surface area contributed by atoms with E-state index in [1.165, 1.54) is 17.1 Å². The Morgan fingerprint density at radius 3 is 3.06 bits per heavy atom. The molecule has 7 heteroatoms. The van der Waals surface area contributed by atoms with Crippen molar-refractivity contribution >= 4 is 10.0 Å². The van der Waals surface area contributed by atoms with Crippen molar-refractivity contribution in [1.29, 1.82) is 0 Å². The Balaban J connectivity index is 1.98. The molecule has 1 saturated carbocycles. The number of hydrogen-bond acceptors (Lipinski definition) is 4. The molecule has 102 valence electrons. The van der Waals surface area contributed by atoms with Crippen LogP contribution in [0.3, 0.4) is 0 Å². The third kappa shape index (κ3) is 3.09. The van der Waals surface area contributed by atoms with Gasteiger partial charge in [-0.25, -0.2) is 13.1 Å². The van der Waals surface area contributed by atoms with E-state index in [1.54, 1.807) is 0 Å². The molecule has 1 heterocycles. The zero-order chi connectivity index (χ0) is 13.2. The lowest BCUT2D eigenvalue weighted by atomic mass is 10.2. The van der Waals surface area contributed by atoms with Gasteiger partial charge in [0.1, 0.15) is 4.90 Å². The Labute approximate surface area is 107 Å². The molecule has 2 rings (SSSR count). The lowest BCUT2D eigenvalue weighted by molar-refractivity contribution is 0.269. The van der Waals surface area contributed by atoms with Crippen LogP contribution in [0.4, 0.5) is 0 Å². The van der Waals surface area contributed by atoms with E-state index in [-0.39, 0.29) is 17.5 Å². The van der Waals surface area contributed by atoms with E-state index in [2.05, 4.69) is 16.7 Å². The lowest BCUT2D eigenvalue weighted by Gasteiger charge is -2.03. The van der Waals surface area contributed by atoms with Crippen LogP contribution in [0, 0.1) is 5.92 Å². The zero-order valence-electron chi connectivity index (χ0n) is 10.4. The standard InChI is InChI=1S/C11H19N3O3S/c1-2-3-9-6-11(9)13-18(16,17)10-7-12-14(8-10)4-5-15/h7-9,11,13,15H,2-6H2,1H3. The van der Waals surface area contributed by atoms with Crippen LogP contribution in [0.15, 0.2) is 17.3 Å². The molecule has 0 bridgehead atoms. The summed E-state index contributed by atoms with van der Waals surface area (Å²) < 4.78 is 28.2. The average Bonchev–Trinajstić information content (AvgIpc) is 2.84. The van der Waals surface area contributed by atoms with Crippen molar-refractivity contribution in [2.24, 2.45) is 5.92 Å². The zero-order valence-corrected chi connectivity index (χ0v) is 11.2. The molecular weight excluding hydrogens is 254 g/mol. The van der Waals surface area contributed by atoms with Crippen molar-refractivity contribution in [2.45, 2.75) is 43.7 Å². The maximum atomic E-state index is 12.0. The smallest absolute Gasteiger partial charge is 0.243 e. The first-order valence-electron chi connectivity index (χ1n) is 6.22. The molecule has 6 nitrogen and oxygen atoms in total. The summed E-state index contributed by atoms with van der Waals surface area (Å²) in [5.41, 5.74) is 0. The van der Waals surface area contributed by atoms with Gasteiger partial charge in [0.05, 0.1) is 19.3 Å². The van der Waals surface area contributed by atoms with E-state index in [1.807, 2.05) is 0 Å². The van der Waals surface area contributed by atoms with Crippen molar-refractivity contribution in [2.75, 3.05) is 6.61 Å². The number of rotatable bonds is 7. The molecule has 1 aliphatic rings. The number of hydrogen-bond donors (Lipinski definition) is 2. The van der Waals surface area contributed by atoms with E-state index in [0.717, 1.165) is 19.3 Å². The summed E-state index contributed by atoms with van der Waals surface area (Å²) in [6.45, 7) is 2.34. The van der Waals surface area contributed by atoms with Crippen LogP contribution < -0.4 is 4.72 Å². The summed E-state index contributed by atoms with van der Waals surface area (Å²) in [6, 6.07) is 0.0798. The number of aliphatic hydroxyl groups is 1. The van der Waals surface area contributed by atoms with Crippen molar-refractivity contribution in [3.05, 3.63) is 12.4 Å². The van der Waals surface area contributed by atoms with Gasteiger partial charge in [-0.1, -0.05) is 13.3 Å². The molecule has 2 atom stereocenters. The summed E-state index contributed by atoms with van der Waals surface area (Å²) in [5, 5.41) is 12.6. The molecule has 0 radical (unpaired) electrons. The molecule has 1 fully saturated rings. The van der Waals surface area contributed by atoms with Gasteiger partial charge in [0, 0.05) is 12.2 Å². The molecule has 1 aromatic rings. The average molecular weight is 273 g/mol. The molecule has 18 heavy (non-hydrogen) atoms. The minimum Gasteiger partial charge on any atom is -0.394 e. The Bertz CT molecular complexity index is 497. The van der Waals surface area contributed by atoms with E-state index in [0.29, 0.717) is 12.5 Å². The summed E-state index contributed by atoms with van der Waals surface area (Å²) >= 11 is 0. The Kier molecular flexibility index (Phi) is 4.04. The first-order chi connectivity index (χ1) is 8.56. The number of nitrogens with zero attached hydrogens (tertiary/aromatic N) is 2. The highest BCUT2D eigenvalue weighted by Gasteiger charge is 2.39. The monoisotopic (exact) mass is 273 g/mol. The summed E-state index contributed by atoms with van der Waals surface area (Å²) in [4.78, 5) is 0.165. The van der Waals surface area contributed by atoms with Gasteiger partial charge in [-0.3, -0.25) is 4.68 Å². The molecule has 0 spiro atoms. The van der Waals surface area contributed by atoms with Gasteiger partial charge in [-0.05, 0) is 18.8 Å². The van der Waals surface area contributed by atoms with Crippen LogP contribution in [-0.4, -0.2) is 36.0 Å². The van der Waals surface area contributed by atoms with Gasteiger partial charge >= 0.3 is 0 Å². The molecule has 1 aromatic heterocycles. The summed E-state index contributed by atoms with van der Waals surface area (Å²) in [6.07, 6.45) is 5.83. The quantitative estimate of drug-likeness (QED) is 0.750.